The molecule has 0 unspecified atom stereocenters. The normalized spacial score (nSPS) is 14.4. The molecule has 6 heteroatoms. The average molecular weight is 321 g/mol. The van der Waals surface area contributed by atoms with Crippen molar-refractivity contribution in [1.82, 2.24) is 15.2 Å². The molecule has 0 aliphatic heterocycles. The second-order valence-corrected chi connectivity index (χ2v) is 6.75. The topological polar surface area (TPSA) is 63.7 Å². The van der Waals surface area contributed by atoms with Crippen molar-refractivity contribution in [2.75, 3.05) is 20.2 Å². The van der Waals surface area contributed by atoms with Crippen molar-refractivity contribution in [2.45, 2.75) is 51.8 Å². The van der Waals surface area contributed by atoms with Gasteiger partial charge in [-0.05, 0) is 39.7 Å². The Balaban J connectivity index is 1.77. The molecule has 1 saturated carbocycles. The van der Waals surface area contributed by atoms with Crippen molar-refractivity contribution in [3.63, 3.8) is 0 Å². The highest BCUT2D eigenvalue weighted by atomic mass is 16.6. The van der Waals surface area contributed by atoms with Gasteiger partial charge in [0.2, 0.25) is 5.88 Å². The van der Waals surface area contributed by atoms with E-state index in [9.17, 15) is 4.79 Å². The van der Waals surface area contributed by atoms with E-state index in [-0.39, 0.29) is 6.09 Å². The minimum atomic E-state index is -0.456. The van der Waals surface area contributed by atoms with Crippen LogP contribution in [0.15, 0.2) is 18.2 Å². The summed E-state index contributed by atoms with van der Waals surface area (Å²) in [7, 11) is 1.61. The summed E-state index contributed by atoms with van der Waals surface area (Å²) in [5.41, 5.74) is 0.460. The molecule has 1 fully saturated rings. The maximum atomic E-state index is 12.2. The van der Waals surface area contributed by atoms with Gasteiger partial charge in [-0.2, -0.15) is 0 Å². The van der Waals surface area contributed by atoms with Gasteiger partial charge in [0.15, 0.2) is 0 Å². The molecule has 6 nitrogen and oxygen atoms in total. The number of rotatable bonds is 7. The van der Waals surface area contributed by atoms with Gasteiger partial charge in [-0.25, -0.2) is 9.78 Å². The van der Waals surface area contributed by atoms with Gasteiger partial charge in [0, 0.05) is 31.7 Å². The van der Waals surface area contributed by atoms with Crippen LogP contribution in [0.4, 0.5) is 4.79 Å². The third-order valence-corrected chi connectivity index (χ3v) is 3.44. The Hall–Kier alpha value is -1.82. The molecule has 0 spiro atoms. The maximum absolute atomic E-state index is 12.2. The molecule has 23 heavy (non-hydrogen) atoms. The van der Waals surface area contributed by atoms with Crippen LogP contribution < -0.4 is 10.1 Å². The maximum Gasteiger partial charge on any atom is 0.410 e. The number of nitrogens with one attached hydrogen (secondary N) is 1. The largest absolute Gasteiger partial charge is 0.481 e. The van der Waals surface area contributed by atoms with Crippen molar-refractivity contribution in [3.8, 4) is 5.88 Å². The first kappa shape index (κ1) is 17.5. The molecule has 1 N–H and O–H groups in total. The lowest BCUT2D eigenvalue weighted by molar-refractivity contribution is 0.0236. The quantitative estimate of drug-likeness (QED) is 0.782. The Bertz CT molecular complexity index is 524. The summed E-state index contributed by atoms with van der Waals surface area (Å²) in [5.74, 6) is 0.609. The van der Waals surface area contributed by atoms with Gasteiger partial charge >= 0.3 is 6.09 Å². The van der Waals surface area contributed by atoms with Crippen LogP contribution in [0.1, 0.15) is 39.3 Å². The first-order valence-corrected chi connectivity index (χ1v) is 8.09. The minimum Gasteiger partial charge on any atom is -0.481 e. The van der Waals surface area contributed by atoms with E-state index in [1.807, 2.05) is 43.9 Å². The summed E-state index contributed by atoms with van der Waals surface area (Å²) in [4.78, 5) is 18.4. The highest BCUT2D eigenvalue weighted by molar-refractivity contribution is 5.69. The van der Waals surface area contributed by atoms with Crippen LogP contribution in [0.2, 0.25) is 0 Å². The Kier molecular flexibility index (Phi) is 5.82. The fourth-order valence-corrected chi connectivity index (χ4v) is 2.22. The summed E-state index contributed by atoms with van der Waals surface area (Å²) in [5, 5.41) is 3.32. The standard InChI is InChI=1S/C17H27N3O3/c1-17(2,3)23-16(21)20(14-8-9-14)11-10-18-12-13-6-5-7-15(19-13)22-4/h5-7,14,18H,8-12H2,1-4H3. The van der Waals surface area contributed by atoms with Crippen molar-refractivity contribution in [2.24, 2.45) is 0 Å². The Morgan fingerprint density at radius 2 is 2.13 bits per heavy atom. The van der Waals surface area contributed by atoms with E-state index in [2.05, 4.69) is 10.3 Å². The lowest BCUT2D eigenvalue weighted by Gasteiger charge is -2.27. The molecule has 1 aromatic heterocycles. The SMILES string of the molecule is COc1cccc(CNCCN(C(=O)OC(C)(C)C)C2CC2)n1. The molecule has 128 valence electrons. The van der Waals surface area contributed by atoms with E-state index < -0.39 is 5.60 Å². The van der Waals surface area contributed by atoms with Crippen LogP contribution in [0.3, 0.4) is 0 Å². The van der Waals surface area contributed by atoms with Gasteiger partial charge in [-0.15, -0.1) is 0 Å². The predicted octanol–water partition coefficient (Wildman–Crippen LogP) is 2.58. The van der Waals surface area contributed by atoms with Crippen LogP contribution >= 0.6 is 0 Å². The first-order chi connectivity index (χ1) is 10.9. The van der Waals surface area contributed by atoms with Crippen LogP contribution in [-0.4, -0.2) is 47.8 Å². The second-order valence-electron chi connectivity index (χ2n) is 6.75. The van der Waals surface area contributed by atoms with Gasteiger partial charge in [0.05, 0.1) is 12.8 Å². The lowest BCUT2D eigenvalue weighted by Crippen LogP contribution is -2.41. The van der Waals surface area contributed by atoms with Crippen LogP contribution in [0, 0.1) is 0 Å². The van der Waals surface area contributed by atoms with Crippen LogP contribution in [0.25, 0.3) is 0 Å². The molecule has 0 atom stereocenters. The van der Waals surface area contributed by atoms with Gasteiger partial charge in [0.25, 0.3) is 0 Å². The number of aromatic nitrogens is 1. The molecule has 1 heterocycles. The molecule has 2 rings (SSSR count). The second kappa shape index (κ2) is 7.64. The molecule has 1 aromatic rings. The molecule has 0 radical (unpaired) electrons. The molecule has 0 aromatic carbocycles. The van der Waals surface area contributed by atoms with Gasteiger partial charge in [-0.3, -0.25) is 0 Å². The Morgan fingerprint density at radius 3 is 2.74 bits per heavy atom. The van der Waals surface area contributed by atoms with Crippen LogP contribution in [-0.2, 0) is 11.3 Å². The van der Waals surface area contributed by atoms with E-state index in [1.165, 1.54) is 0 Å². The minimum absolute atomic E-state index is 0.221. The van der Waals surface area contributed by atoms with E-state index in [0.29, 0.717) is 31.6 Å². The molecule has 1 amide bonds. The number of amides is 1. The summed E-state index contributed by atoms with van der Waals surface area (Å²) in [6.07, 6.45) is 1.91. The Morgan fingerprint density at radius 1 is 1.39 bits per heavy atom. The summed E-state index contributed by atoms with van der Waals surface area (Å²) >= 11 is 0. The van der Waals surface area contributed by atoms with Crippen molar-refractivity contribution >= 4 is 6.09 Å². The number of nitrogens with zero attached hydrogens (tertiary/aromatic N) is 2. The summed E-state index contributed by atoms with van der Waals surface area (Å²) in [6, 6.07) is 6.02. The fraction of sp³-hybridized carbons (Fsp3) is 0.647. The van der Waals surface area contributed by atoms with Gasteiger partial charge in [0.1, 0.15) is 5.60 Å². The monoisotopic (exact) mass is 321 g/mol. The fourth-order valence-electron chi connectivity index (χ4n) is 2.22. The number of carbonyl (C=O) groups is 1. The number of hydrogen-bond acceptors (Lipinski definition) is 5. The Labute approximate surface area is 138 Å². The average Bonchev–Trinajstić information content (AvgIpc) is 3.30. The third kappa shape index (κ3) is 6.06. The van der Waals surface area contributed by atoms with E-state index in [0.717, 1.165) is 18.5 Å². The number of pyridine rings is 1. The number of carbonyl (C=O) groups excluding carboxylic acids is 1. The van der Waals surface area contributed by atoms with E-state index in [1.54, 1.807) is 7.11 Å². The van der Waals surface area contributed by atoms with Gasteiger partial charge in [-0.1, -0.05) is 6.07 Å². The number of hydrogen-bond donors (Lipinski definition) is 1. The number of ether oxygens (including phenoxy) is 2. The molecule has 0 bridgehead atoms. The van der Waals surface area contributed by atoms with Crippen molar-refractivity contribution in [3.05, 3.63) is 23.9 Å². The smallest absolute Gasteiger partial charge is 0.410 e. The molecule has 0 saturated heterocycles. The third-order valence-electron chi connectivity index (χ3n) is 3.44. The molecule has 1 aliphatic rings. The van der Waals surface area contributed by atoms with Crippen LogP contribution in [0.5, 0.6) is 5.88 Å². The summed E-state index contributed by atoms with van der Waals surface area (Å²) < 4.78 is 10.6. The zero-order chi connectivity index (χ0) is 16.9. The summed E-state index contributed by atoms with van der Waals surface area (Å²) in [6.45, 7) is 7.66. The first-order valence-electron chi connectivity index (χ1n) is 8.09. The molecule has 1 aliphatic carbocycles. The predicted molar refractivity (Wildman–Crippen MR) is 88.5 cm³/mol. The molecular weight excluding hydrogens is 294 g/mol. The highest BCUT2D eigenvalue weighted by Gasteiger charge is 2.34. The zero-order valence-electron chi connectivity index (χ0n) is 14.5. The molecular formula is C17H27N3O3. The van der Waals surface area contributed by atoms with Gasteiger partial charge < -0.3 is 19.7 Å². The zero-order valence-corrected chi connectivity index (χ0v) is 14.5. The highest BCUT2D eigenvalue weighted by Crippen LogP contribution is 2.28. The van der Waals surface area contributed by atoms with E-state index in [4.69, 9.17) is 9.47 Å². The lowest BCUT2D eigenvalue weighted by atomic mass is 10.2. The number of methoxy groups -OCH3 is 1. The van der Waals surface area contributed by atoms with Crippen molar-refractivity contribution in [1.29, 1.82) is 0 Å². The van der Waals surface area contributed by atoms with E-state index >= 15 is 0 Å². The van der Waals surface area contributed by atoms with Crippen molar-refractivity contribution < 1.29 is 14.3 Å².